The number of aromatic nitrogens is 1. The van der Waals surface area contributed by atoms with Crippen molar-refractivity contribution >= 4 is 5.91 Å². The monoisotopic (exact) mass is 330 g/mol. The van der Waals surface area contributed by atoms with Crippen molar-refractivity contribution in [2.45, 2.75) is 46.0 Å². The van der Waals surface area contributed by atoms with Gasteiger partial charge in [-0.3, -0.25) is 9.59 Å². The molecule has 0 aliphatic carbocycles. The summed E-state index contributed by atoms with van der Waals surface area (Å²) >= 11 is 0. The van der Waals surface area contributed by atoms with Crippen molar-refractivity contribution in [2.75, 3.05) is 19.6 Å². The van der Waals surface area contributed by atoms with Crippen LogP contribution in [0, 0.1) is 31.1 Å². The van der Waals surface area contributed by atoms with Crippen LogP contribution in [0.4, 0.5) is 0 Å². The number of nitrogens with zero attached hydrogens (tertiary/aromatic N) is 1. The molecule has 2 rings (SSSR count). The number of amides is 1. The second-order valence-corrected chi connectivity index (χ2v) is 6.52. The SMILES string of the molecule is Cc1[nH]c(=O)c(C#N)c(C)c1CCC(=O)NCCC1CCCNC1. The van der Waals surface area contributed by atoms with E-state index in [0.29, 0.717) is 30.9 Å². The lowest BCUT2D eigenvalue weighted by Gasteiger charge is -2.22. The molecule has 2 heterocycles. The standard InChI is InChI=1S/C18H26N4O2/c1-12-15(13(2)22-18(24)16(12)10-19)5-6-17(23)21-9-7-14-4-3-8-20-11-14/h14,20H,3-9,11H2,1-2H3,(H,21,23)(H,22,24). The number of aromatic amines is 1. The molecule has 1 aliphatic rings. The van der Waals surface area contributed by atoms with E-state index in [1.165, 1.54) is 12.8 Å². The zero-order valence-corrected chi connectivity index (χ0v) is 14.5. The molecule has 0 bridgehead atoms. The van der Waals surface area contributed by atoms with Gasteiger partial charge in [0, 0.05) is 18.7 Å². The highest BCUT2D eigenvalue weighted by Gasteiger charge is 2.15. The molecule has 1 amide bonds. The van der Waals surface area contributed by atoms with Crippen LogP contribution in [0.25, 0.3) is 0 Å². The van der Waals surface area contributed by atoms with Crippen LogP contribution in [0.5, 0.6) is 0 Å². The average Bonchev–Trinajstić information content (AvgIpc) is 2.55. The van der Waals surface area contributed by atoms with Gasteiger partial charge in [0.25, 0.3) is 5.56 Å². The van der Waals surface area contributed by atoms with Gasteiger partial charge in [-0.05, 0) is 69.7 Å². The lowest BCUT2D eigenvalue weighted by atomic mass is 9.96. The minimum Gasteiger partial charge on any atom is -0.356 e. The van der Waals surface area contributed by atoms with Crippen molar-refractivity contribution in [2.24, 2.45) is 5.92 Å². The van der Waals surface area contributed by atoms with Crippen molar-refractivity contribution in [3.8, 4) is 6.07 Å². The quantitative estimate of drug-likeness (QED) is 0.732. The number of H-pyrrole nitrogens is 1. The maximum absolute atomic E-state index is 12.0. The van der Waals surface area contributed by atoms with Gasteiger partial charge in [0.15, 0.2) is 0 Å². The number of carbonyl (C=O) groups excluding carboxylic acids is 1. The number of pyridine rings is 1. The zero-order valence-electron chi connectivity index (χ0n) is 14.5. The topological polar surface area (TPSA) is 97.8 Å². The maximum atomic E-state index is 12.0. The lowest BCUT2D eigenvalue weighted by molar-refractivity contribution is -0.121. The Labute approximate surface area is 142 Å². The summed E-state index contributed by atoms with van der Waals surface area (Å²) in [7, 11) is 0. The van der Waals surface area contributed by atoms with E-state index in [-0.39, 0.29) is 17.0 Å². The Morgan fingerprint density at radius 1 is 1.42 bits per heavy atom. The minimum absolute atomic E-state index is 0.0160. The first-order valence-corrected chi connectivity index (χ1v) is 8.62. The van der Waals surface area contributed by atoms with E-state index in [4.69, 9.17) is 5.26 Å². The molecule has 24 heavy (non-hydrogen) atoms. The van der Waals surface area contributed by atoms with Crippen molar-refractivity contribution in [3.05, 3.63) is 32.7 Å². The van der Waals surface area contributed by atoms with Crippen molar-refractivity contribution in [1.29, 1.82) is 5.26 Å². The fraction of sp³-hybridized carbons (Fsp3) is 0.611. The summed E-state index contributed by atoms with van der Waals surface area (Å²) < 4.78 is 0. The molecule has 1 fully saturated rings. The summed E-state index contributed by atoms with van der Waals surface area (Å²) in [5.74, 6) is 0.670. The molecule has 130 valence electrons. The van der Waals surface area contributed by atoms with Crippen LogP contribution in [-0.2, 0) is 11.2 Å². The highest BCUT2D eigenvalue weighted by Crippen LogP contribution is 2.15. The van der Waals surface area contributed by atoms with Crippen molar-refractivity contribution in [3.63, 3.8) is 0 Å². The molecule has 1 aromatic rings. The summed E-state index contributed by atoms with van der Waals surface area (Å²) in [6.07, 6.45) is 4.34. The van der Waals surface area contributed by atoms with Crippen LogP contribution in [0.3, 0.4) is 0 Å². The largest absolute Gasteiger partial charge is 0.356 e. The van der Waals surface area contributed by atoms with E-state index < -0.39 is 0 Å². The van der Waals surface area contributed by atoms with E-state index in [9.17, 15) is 9.59 Å². The predicted octanol–water partition coefficient (Wildman–Crippen LogP) is 1.30. The lowest BCUT2D eigenvalue weighted by Crippen LogP contribution is -2.33. The molecule has 1 aromatic heterocycles. The summed E-state index contributed by atoms with van der Waals surface area (Å²) in [4.78, 5) is 26.4. The number of carbonyl (C=O) groups is 1. The molecule has 6 heteroatoms. The molecular formula is C18H26N4O2. The van der Waals surface area contributed by atoms with Gasteiger partial charge >= 0.3 is 0 Å². The Hall–Kier alpha value is -2.13. The third-order valence-corrected chi connectivity index (χ3v) is 4.80. The molecule has 1 aliphatic heterocycles. The molecule has 1 unspecified atom stereocenters. The average molecular weight is 330 g/mol. The molecule has 1 atom stereocenters. The molecule has 0 spiro atoms. The van der Waals surface area contributed by atoms with Crippen LogP contribution < -0.4 is 16.2 Å². The number of piperidine rings is 1. The highest BCUT2D eigenvalue weighted by molar-refractivity contribution is 5.76. The number of aryl methyl sites for hydroxylation is 1. The van der Waals surface area contributed by atoms with Crippen LogP contribution >= 0.6 is 0 Å². The normalized spacial score (nSPS) is 17.3. The van der Waals surface area contributed by atoms with Gasteiger partial charge in [0.1, 0.15) is 11.6 Å². The molecule has 0 saturated carbocycles. The van der Waals surface area contributed by atoms with E-state index in [1.807, 2.05) is 6.07 Å². The number of hydrogen-bond donors (Lipinski definition) is 3. The second kappa shape index (κ2) is 8.65. The maximum Gasteiger partial charge on any atom is 0.266 e. The summed E-state index contributed by atoms with van der Waals surface area (Å²) in [5, 5.41) is 15.4. The minimum atomic E-state index is -0.359. The predicted molar refractivity (Wildman–Crippen MR) is 92.8 cm³/mol. The van der Waals surface area contributed by atoms with E-state index in [2.05, 4.69) is 15.6 Å². The molecule has 1 saturated heterocycles. The van der Waals surface area contributed by atoms with Crippen LogP contribution in [-0.4, -0.2) is 30.5 Å². The fourth-order valence-electron chi connectivity index (χ4n) is 3.33. The van der Waals surface area contributed by atoms with Gasteiger partial charge in [-0.25, -0.2) is 0 Å². The molecule has 3 N–H and O–H groups in total. The Kier molecular flexibility index (Phi) is 6.56. The number of rotatable bonds is 6. The molecule has 0 aromatic carbocycles. The van der Waals surface area contributed by atoms with E-state index in [1.54, 1.807) is 13.8 Å². The summed E-state index contributed by atoms with van der Waals surface area (Å²) in [6, 6.07) is 1.94. The molecule has 0 radical (unpaired) electrons. The second-order valence-electron chi connectivity index (χ2n) is 6.52. The number of nitriles is 1. The fourth-order valence-corrected chi connectivity index (χ4v) is 3.33. The Bertz CT molecular complexity index is 681. The number of nitrogens with one attached hydrogen (secondary N) is 3. The number of hydrogen-bond acceptors (Lipinski definition) is 4. The van der Waals surface area contributed by atoms with Crippen LogP contribution in [0.2, 0.25) is 0 Å². The van der Waals surface area contributed by atoms with Gasteiger partial charge < -0.3 is 15.6 Å². The zero-order chi connectivity index (χ0) is 17.5. The summed E-state index contributed by atoms with van der Waals surface area (Å²) in [6.45, 7) is 6.43. The first kappa shape index (κ1) is 18.2. The van der Waals surface area contributed by atoms with Crippen LogP contribution in [0.1, 0.15) is 48.1 Å². The van der Waals surface area contributed by atoms with Crippen LogP contribution in [0.15, 0.2) is 4.79 Å². The smallest absolute Gasteiger partial charge is 0.266 e. The first-order chi connectivity index (χ1) is 11.5. The van der Waals surface area contributed by atoms with Gasteiger partial charge in [-0.15, -0.1) is 0 Å². The Morgan fingerprint density at radius 3 is 2.88 bits per heavy atom. The Morgan fingerprint density at radius 2 is 2.21 bits per heavy atom. The van der Waals surface area contributed by atoms with Gasteiger partial charge in [0.05, 0.1) is 0 Å². The Balaban J connectivity index is 1.83. The molecular weight excluding hydrogens is 304 g/mol. The third-order valence-electron chi connectivity index (χ3n) is 4.80. The van der Waals surface area contributed by atoms with Gasteiger partial charge in [-0.2, -0.15) is 5.26 Å². The third kappa shape index (κ3) is 4.68. The van der Waals surface area contributed by atoms with Crippen molar-refractivity contribution < 1.29 is 4.79 Å². The van der Waals surface area contributed by atoms with Gasteiger partial charge in [0.2, 0.25) is 5.91 Å². The first-order valence-electron chi connectivity index (χ1n) is 8.62. The van der Waals surface area contributed by atoms with E-state index in [0.717, 1.165) is 30.8 Å². The van der Waals surface area contributed by atoms with Gasteiger partial charge in [-0.1, -0.05) is 0 Å². The van der Waals surface area contributed by atoms with E-state index >= 15 is 0 Å². The molecule has 6 nitrogen and oxygen atoms in total. The highest BCUT2D eigenvalue weighted by atomic mass is 16.1. The van der Waals surface area contributed by atoms with Crippen molar-refractivity contribution in [1.82, 2.24) is 15.6 Å². The summed E-state index contributed by atoms with van der Waals surface area (Å²) in [5.41, 5.74) is 2.08.